The molecule has 0 saturated heterocycles. The zero-order chi connectivity index (χ0) is 16.2. The van der Waals surface area contributed by atoms with Crippen molar-refractivity contribution < 1.29 is 4.79 Å². The molecule has 6 nitrogen and oxygen atoms in total. The van der Waals surface area contributed by atoms with Crippen molar-refractivity contribution in [2.45, 2.75) is 26.4 Å². The first-order valence-corrected chi connectivity index (χ1v) is 7.64. The van der Waals surface area contributed by atoms with Gasteiger partial charge in [-0.05, 0) is 30.2 Å². The molecule has 3 aromatic rings. The van der Waals surface area contributed by atoms with E-state index >= 15 is 0 Å². The third kappa shape index (κ3) is 3.36. The Kier molecular flexibility index (Phi) is 4.32. The Morgan fingerprint density at radius 2 is 1.91 bits per heavy atom. The predicted octanol–water partition coefficient (Wildman–Crippen LogP) is 2.28. The van der Waals surface area contributed by atoms with E-state index in [0.717, 1.165) is 11.0 Å². The average molecular weight is 309 g/mol. The van der Waals surface area contributed by atoms with E-state index in [-0.39, 0.29) is 17.9 Å². The molecule has 118 valence electrons. The molecule has 23 heavy (non-hydrogen) atoms. The summed E-state index contributed by atoms with van der Waals surface area (Å²) in [6, 6.07) is 11.2. The molecule has 0 radical (unpaired) electrons. The number of rotatable bonds is 5. The van der Waals surface area contributed by atoms with Crippen molar-refractivity contribution in [3.63, 3.8) is 0 Å². The number of fused-ring (bicyclic) bond motifs is 1. The van der Waals surface area contributed by atoms with Crippen LogP contribution < -0.4 is 5.32 Å². The van der Waals surface area contributed by atoms with Crippen molar-refractivity contribution in [1.82, 2.24) is 25.3 Å². The van der Waals surface area contributed by atoms with Gasteiger partial charge in [0.25, 0.3) is 5.91 Å². The number of hydrogen-bond acceptors (Lipinski definition) is 4. The second kappa shape index (κ2) is 6.56. The first-order chi connectivity index (χ1) is 11.1. The lowest BCUT2D eigenvalue weighted by Crippen LogP contribution is -2.41. The summed E-state index contributed by atoms with van der Waals surface area (Å²) in [5.74, 6) is 0.166. The summed E-state index contributed by atoms with van der Waals surface area (Å²) in [5.41, 5.74) is 2.43. The van der Waals surface area contributed by atoms with Crippen LogP contribution in [0.25, 0.3) is 11.0 Å². The van der Waals surface area contributed by atoms with E-state index in [4.69, 9.17) is 0 Å². The van der Waals surface area contributed by atoms with Crippen molar-refractivity contribution in [3.8, 4) is 0 Å². The molecule has 1 aromatic carbocycles. The Balaban J connectivity index is 1.78. The number of aromatic nitrogens is 4. The highest BCUT2D eigenvalue weighted by Crippen LogP contribution is 2.13. The summed E-state index contributed by atoms with van der Waals surface area (Å²) in [4.78, 5) is 16.3. The molecular weight excluding hydrogens is 290 g/mol. The summed E-state index contributed by atoms with van der Waals surface area (Å²) < 4.78 is 1.84. The van der Waals surface area contributed by atoms with Gasteiger partial charge in [-0.2, -0.15) is 0 Å². The van der Waals surface area contributed by atoms with Crippen LogP contribution in [0.1, 0.15) is 24.2 Å². The van der Waals surface area contributed by atoms with Crippen molar-refractivity contribution in [1.29, 1.82) is 0 Å². The monoisotopic (exact) mass is 309 g/mol. The number of benzene rings is 1. The minimum atomic E-state index is -0.101. The van der Waals surface area contributed by atoms with Crippen LogP contribution in [-0.2, 0) is 6.54 Å². The van der Waals surface area contributed by atoms with Crippen LogP contribution in [0.15, 0.2) is 48.8 Å². The van der Waals surface area contributed by atoms with Gasteiger partial charge in [0.1, 0.15) is 5.52 Å². The standard InChI is InChI=1S/C17H19N5O/c1-12(2)15(19-17(23)13-7-9-18-10-8-13)11-22-16-6-4-3-5-14(16)20-21-22/h3-10,12,15H,11H2,1-2H3,(H,19,23)/t15-/m1/s1. The molecule has 0 aliphatic carbocycles. The molecule has 0 fully saturated rings. The molecular formula is C17H19N5O. The summed E-state index contributed by atoms with van der Waals surface area (Å²) in [6.07, 6.45) is 3.23. The number of hydrogen-bond donors (Lipinski definition) is 1. The van der Waals surface area contributed by atoms with Crippen LogP contribution in [0.3, 0.4) is 0 Å². The van der Waals surface area contributed by atoms with Crippen LogP contribution in [0, 0.1) is 5.92 Å². The van der Waals surface area contributed by atoms with Gasteiger partial charge >= 0.3 is 0 Å². The number of nitrogens with one attached hydrogen (secondary N) is 1. The van der Waals surface area contributed by atoms with Gasteiger partial charge in [-0.1, -0.05) is 31.2 Å². The van der Waals surface area contributed by atoms with Gasteiger partial charge in [-0.3, -0.25) is 9.78 Å². The molecule has 0 bridgehead atoms. The smallest absolute Gasteiger partial charge is 0.251 e. The number of para-hydroxylation sites is 1. The molecule has 1 atom stereocenters. The summed E-state index contributed by atoms with van der Waals surface area (Å²) >= 11 is 0. The van der Waals surface area contributed by atoms with Crippen molar-refractivity contribution >= 4 is 16.9 Å². The van der Waals surface area contributed by atoms with E-state index in [1.807, 2.05) is 28.9 Å². The highest BCUT2D eigenvalue weighted by Gasteiger charge is 2.19. The fourth-order valence-electron chi connectivity index (χ4n) is 2.42. The van der Waals surface area contributed by atoms with Crippen LogP contribution in [0.5, 0.6) is 0 Å². The molecule has 0 aliphatic rings. The van der Waals surface area contributed by atoms with Gasteiger partial charge in [0.15, 0.2) is 0 Å². The predicted molar refractivity (Wildman–Crippen MR) is 87.9 cm³/mol. The molecule has 6 heteroatoms. The topological polar surface area (TPSA) is 72.7 Å². The minimum absolute atomic E-state index is 0.0410. The molecule has 3 rings (SSSR count). The second-order valence-corrected chi connectivity index (χ2v) is 5.82. The third-order valence-electron chi connectivity index (χ3n) is 3.85. The van der Waals surface area contributed by atoms with Gasteiger partial charge in [-0.25, -0.2) is 4.68 Å². The normalized spacial score (nSPS) is 12.5. The van der Waals surface area contributed by atoms with Crippen molar-refractivity contribution in [2.75, 3.05) is 0 Å². The highest BCUT2D eigenvalue weighted by molar-refractivity contribution is 5.94. The van der Waals surface area contributed by atoms with Gasteiger partial charge in [0.05, 0.1) is 18.1 Å². The molecule has 1 N–H and O–H groups in total. The maximum Gasteiger partial charge on any atom is 0.251 e. The van der Waals surface area contributed by atoms with Crippen LogP contribution in [0.4, 0.5) is 0 Å². The van der Waals surface area contributed by atoms with Crippen molar-refractivity contribution in [3.05, 3.63) is 54.4 Å². The lowest BCUT2D eigenvalue weighted by Gasteiger charge is -2.22. The van der Waals surface area contributed by atoms with E-state index in [1.165, 1.54) is 0 Å². The van der Waals surface area contributed by atoms with E-state index in [9.17, 15) is 4.79 Å². The first kappa shape index (κ1) is 15.1. The average Bonchev–Trinajstić information content (AvgIpc) is 2.98. The van der Waals surface area contributed by atoms with E-state index in [2.05, 4.69) is 34.5 Å². The molecule has 0 unspecified atom stereocenters. The Morgan fingerprint density at radius 1 is 1.17 bits per heavy atom. The lowest BCUT2D eigenvalue weighted by atomic mass is 10.0. The zero-order valence-electron chi connectivity index (χ0n) is 13.2. The SMILES string of the molecule is CC(C)[C@@H](Cn1nnc2ccccc21)NC(=O)c1ccncc1. The van der Waals surface area contributed by atoms with Gasteiger partial charge in [0.2, 0.25) is 0 Å². The van der Waals surface area contributed by atoms with Crippen LogP contribution in [0.2, 0.25) is 0 Å². The second-order valence-electron chi connectivity index (χ2n) is 5.82. The van der Waals surface area contributed by atoms with E-state index in [1.54, 1.807) is 24.5 Å². The number of carbonyl (C=O) groups is 1. The number of carbonyl (C=O) groups excluding carboxylic acids is 1. The first-order valence-electron chi connectivity index (χ1n) is 7.64. The third-order valence-corrected chi connectivity index (χ3v) is 3.85. The van der Waals surface area contributed by atoms with E-state index < -0.39 is 0 Å². The Hall–Kier alpha value is -2.76. The summed E-state index contributed by atoms with van der Waals surface area (Å²) in [6.45, 7) is 4.74. The summed E-state index contributed by atoms with van der Waals surface area (Å²) in [7, 11) is 0. The quantitative estimate of drug-likeness (QED) is 0.785. The minimum Gasteiger partial charge on any atom is -0.347 e. The van der Waals surface area contributed by atoms with Gasteiger partial charge in [0, 0.05) is 18.0 Å². The highest BCUT2D eigenvalue weighted by atomic mass is 16.1. The number of pyridine rings is 1. The molecule has 2 aromatic heterocycles. The summed E-state index contributed by atoms with van der Waals surface area (Å²) in [5, 5.41) is 11.4. The van der Waals surface area contributed by atoms with Crippen LogP contribution >= 0.6 is 0 Å². The Labute approximate surface area is 134 Å². The van der Waals surface area contributed by atoms with Crippen molar-refractivity contribution in [2.24, 2.45) is 5.92 Å². The largest absolute Gasteiger partial charge is 0.347 e. The molecule has 2 heterocycles. The molecule has 0 saturated carbocycles. The number of nitrogens with zero attached hydrogens (tertiary/aromatic N) is 4. The Bertz CT molecular complexity index is 797. The maximum absolute atomic E-state index is 12.4. The molecule has 1 amide bonds. The fourth-order valence-corrected chi connectivity index (χ4v) is 2.42. The Morgan fingerprint density at radius 3 is 2.65 bits per heavy atom. The van der Waals surface area contributed by atoms with Gasteiger partial charge < -0.3 is 5.32 Å². The lowest BCUT2D eigenvalue weighted by molar-refractivity contribution is 0.0919. The van der Waals surface area contributed by atoms with E-state index in [0.29, 0.717) is 12.1 Å². The maximum atomic E-state index is 12.4. The number of amides is 1. The zero-order valence-corrected chi connectivity index (χ0v) is 13.2. The fraction of sp³-hybridized carbons (Fsp3) is 0.294. The molecule has 0 aliphatic heterocycles. The van der Waals surface area contributed by atoms with Gasteiger partial charge in [-0.15, -0.1) is 5.10 Å². The van der Waals surface area contributed by atoms with Crippen LogP contribution in [-0.4, -0.2) is 31.9 Å². The molecule has 0 spiro atoms.